The van der Waals surface area contributed by atoms with Crippen molar-refractivity contribution >= 4 is 5.91 Å². The van der Waals surface area contributed by atoms with Crippen LogP contribution in [0.3, 0.4) is 0 Å². The van der Waals surface area contributed by atoms with Gasteiger partial charge in [-0.3, -0.25) is 4.79 Å². The third-order valence-electron chi connectivity index (χ3n) is 3.79. The summed E-state index contributed by atoms with van der Waals surface area (Å²) < 4.78 is 0. The molecule has 1 aliphatic rings. The number of hydrogen-bond donors (Lipinski definition) is 1. The molecular formula is C13H25NO2. The Hall–Kier alpha value is -0.570. The molecule has 3 nitrogen and oxygen atoms in total. The lowest BCUT2D eigenvalue weighted by Gasteiger charge is -2.35. The van der Waals surface area contributed by atoms with Gasteiger partial charge in [-0.15, -0.1) is 0 Å². The van der Waals surface area contributed by atoms with Crippen LogP contribution >= 0.6 is 0 Å². The van der Waals surface area contributed by atoms with Gasteiger partial charge in [-0.2, -0.15) is 0 Å². The predicted molar refractivity (Wildman–Crippen MR) is 65.1 cm³/mol. The zero-order valence-corrected chi connectivity index (χ0v) is 10.8. The molecule has 1 amide bonds. The fourth-order valence-corrected chi connectivity index (χ4v) is 2.50. The lowest BCUT2D eigenvalue weighted by Crippen LogP contribution is -2.45. The Kier molecular flexibility index (Phi) is 5.26. The van der Waals surface area contributed by atoms with Crippen molar-refractivity contribution in [3.63, 3.8) is 0 Å². The number of rotatable bonds is 4. The first-order valence-corrected chi connectivity index (χ1v) is 6.56. The maximum absolute atomic E-state index is 12.2. The van der Waals surface area contributed by atoms with Crippen molar-refractivity contribution in [2.45, 2.75) is 52.6 Å². The molecule has 2 atom stereocenters. The smallest absolute Gasteiger partial charge is 0.225 e. The first-order valence-electron chi connectivity index (χ1n) is 6.56. The van der Waals surface area contributed by atoms with Crippen LogP contribution in [0.2, 0.25) is 0 Å². The van der Waals surface area contributed by atoms with Gasteiger partial charge in [-0.05, 0) is 32.6 Å². The van der Waals surface area contributed by atoms with Gasteiger partial charge in [-0.25, -0.2) is 0 Å². The summed E-state index contributed by atoms with van der Waals surface area (Å²) in [4.78, 5) is 14.1. The van der Waals surface area contributed by atoms with Crippen LogP contribution in [0, 0.1) is 11.8 Å². The van der Waals surface area contributed by atoms with Gasteiger partial charge in [0.15, 0.2) is 0 Å². The van der Waals surface area contributed by atoms with E-state index in [1.807, 2.05) is 11.8 Å². The van der Waals surface area contributed by atoms with Crippen LogP contribution in [-0.2, 0) is 4.79 Å². The molecule has 0 spiro atoms. The summed E-state index contributed by atoms with van der Waals surface area (Å²) in [5.74, 6) is 0.732. The van der Waals surface area contributed by atoms with Gasteiger partial charge in [0.05, 0.1) is 6.10 Å². The number of aliphatic hydroxyl groups excluding tert-OH is 1. The summed E-state index contributed by atoms with van der Waals surface area (Å²) in [7, 11) is 0. The summed E-state index contributed by atoms with van der Waals surface area (Å²) in [5.41, 5.74) is 0. The topological polar surface area (TPSA) is 40.5 Å². The Morgan fingerprint density at radius 1 is 1.44 bits per heavy atom. The standard InChI is InChI=1S/C13H25NO2/c1-4-11(5-2)13(16)14-8-6-7-12(9-14)10(3)15/h10-12,15H,4-9H2,1-3H3. The van der Waals surface area contributed by atoms with Gasteiger partial charge in [0, 0.05) is 24.9 Å². The highest BCUT2D eigenvalue weighted by Gasteiger charge is 2.28. The lowest BCUT2D eigenvalue weighted by molar-refractivity contribution is -0.138. The Balaban J connectivity index is 2.56. The van der Waals surface area contributed by atoms with E-state index < -0.39 is 0 Å². The average molecular weight is 227 g/mol. The van der Waals surface area contributed by atoms with Crippen LogP contribution in [0.1, 0.15) is 46.5 Å². The molecule has 16 heavy (non-hydrogen) atoms. The molecule has 1 fully saturated rings. The zero-order valence-electron chi connectivity index (χ0n) is 10.8. The minimum absolute atomic E-state index is 0.174. The van der Waals surface area contributed by atoms with Crippen molar-refractivity contribution in [1.29, 1.82) is 0 Å². The van der Waals surface area contributed by atoms with E-state index in [2.05, 4.69) is 13.8 Å². The van der Waals surface area contributed by atoms with Crippen molar-refractivity contribution < 1.29 is 9.90 Å². The van der Waals surface area contributed by atoms with E-state index in [1.54, 1.807) is 0 Å². The SMILES string of the molecule is CCC(CC)C(=O)N1CCCC(C(C)O)C1. The summed E-state index contributed by atoms with van der Waals surface area (Å²) in [6.07, 6.45) is 3.62. The number of aliphatic hydroxyl groups is 1. The second-order valence-corrected chi connectivity index (χ2v) is 4.94. The molecule has 2 unspecified atom stereocenters. The quantitative estimate of drug-likeness (QED) is 0.798. The van der Waals surface area contributed by atoms with Crippen molar-refractivity contribution in [2.24, 2.45) is 11.8 Å². The summed E-state index contributed by atoms with van der Waals surface area (Å²) >= 11 is 0. The first kappa shape index (κ1) is 13.5. The van der Waals surface area contributed by atoms with E-state index in [9.17, 15) is 9.90 Å². The Morgan fingerprint density at radius 3 is 2.56 bits per heavy atom. The molecule has 0 aromatic carbocycles. The largest absolute Gasteiger partial charge is 0.393 e. The first-order chi connectivity index (χ1) is 7.60. The highest BCUT2D eigenvalue weighted by Crippen LogP contribution is 2.22. The molecule has 0 aromatic rings. The van der Waals surface area contributed by atoms with Crippen LogP contribution in [-0.4, -0.2) is 35.1 Å². The van der Waals surface area contributed by atoms with Gasteiger partial charge in [0.2, 0.25) is 5.91 Å². The number of piperidine rings is 1. The molecule has 0 radical (unpaired) electrons. The maximum Gasteiger partial charge on any atom is 0.225 e. The third-order valence-corrected chi connectivity index (χ3v) is 3.79. The number of amides is 1. The Labute approximate surface area is 98.8 Å². The molecule has 1 heterocycles. The van der Waals surface area contributed by atoms with Crippen molar-refractivity contribution in [3.05, 3.63) is 0 Å². The van der Waals surface area contributed by atoms with Crippen LogP contribution < -0.4 is 0 Å². The zero-order chi connectivity index (χ0) is 12.1. The fraction of sp³-hybridized carbons (Fsp3) is 0.923. The Bertz CT molecular complexity index is 224. The molecule has 1 rings (SSSR count). The van der Waals surface area contributed by atoms with Gasteiger partial charge in [0.1, 0.15) is 0 Å². The van der Waals surface area contributed by atoms with E-state index in [1.165, 1.54) is 0 Å². The summed E-state index contributed by atoms with van der Waals surface area (Å²) in [6.45, 7) is 7.59. The van der Waals surface area contributed by atoms with E-state index in [0.717, 1.165) is 38.8 Å². The van der Waals surface area contributed by atoms with Gasteiger partial charge in [0.25, 0.3) is 0 Å². The number of carbonyl (C=O) groups excluding carboxylic acids is 1. The number of nitrogens with zero attached hydrogens (tertiary/aromatic N) is 1. The third kappa shape index (κ3) is 3.21. The number of hydrogen-bond acceptors (Lipinski definition) is 2. The molecule has 0 bridgehead atoms. The second-order valence-electron chi connectivity index (χ2n) is 4.94. The number of carbonyl (C=O) groups is 1. The van der Waals surface area contributed by atoms with Crippen molar-refractivity contribution in [3.8, 4) is 0 Å². The predicted octanol–water partition coefficient (Wildman–Crippen LogP) is 2.04. The van der Waals surface area contributed by atoms with Gasteiger partial charge < -0.3 is 10.0 Å². The highest BCUT2D eigenvalue weighted by molar-refractivity contribution is 5.78. The maximum atomic E-state index is 12.2. The monoisotopic (exact) mass is 227 g/mol. The minimum atomic E-state index is -0.294. The fourth-order valence-electron chi connectivity index (χ4n) is 2.50. The molecular weight excluding hydrogens is 202 g/mol. The highest BCUT2D eigenvalue weighted by atomic mass is 16.3. The van der Waals surface area contributed by atoms with E-state index >= 15 is 0 Å². The molecule has 1 N–H and O–H groups in total. The second kappa shape index (κ2) is 6.24. The van der Waals surface area contributed by atoms with Crippen LogP contribution in [0.15, 0.2) is 0 Å². The van der Waals surface area contributed by atoms with Gasteiger partial charge in [-0.1, -0.05) is 13.8 Å². The normalized spacial score (nSPS) is 23.6. The van der Waals surface area contributed by atoms with Crippen LogP contribution in [0.25, 0.3) is 0 Å². The lowest BCUT2D eigenvalue weighted by atomic mass is 9.92. The minimum Gasteiger partial charge on any atom is -0.393 e. The molecule has 0 saturated carbocycles. The Morgan fingerprint density at radius 2 is 2.06 bits per heavy atom. The van der Waals surface area contributed by atoms with E-state index in [4.69, 9.17) is 0 Å². The van der Waals surface area contributed by atoms with E-state index in [-0.39, 0.29) is 23.8 Å². The van der Waals surface area contributed by atoms with Gasteiger partial charge >= 0.3 is 0 Å². The summed E-state index contributed by atoms with van der Waals surface area (Å²) in [6, 6.07) is 0. The van der Waals surface area contributed by atoms with Crippen LogP contribution in [0.4, 0.5) is 0 Å². The molecule has 0 aliphatic carbocycles. The molecule has 94 valence electrons. The molecule has 3 heteroatoms. The van der Waals surface area contributed by atoms with Crippen LogP contribution in [0.5, 0.6) is 0 Å². The van der Waals surface area contributed by atoms with Crippen molar-refractivity contribution in [2.75, 3.05) is 13.1 Å². The summed E-state index contributed by atoms with van der Waals surface area (Å²) in [5, 5.41) is 9.59. The van der Waals surface area contributed by atoms with Crippen molar-refractivity contribution in [1.82, 2.24) is 4.90 Å². The average Bonchev–Trinajstić information content (AvgIpc) is 2.30. The number of likely N-dealkylation sites (tertiary alicyclic amines) is 1. The molecule has 0 aromatic heterocycles. The molecule has 1 aliphatic heterocycles. The molecule has 1 saturated heterocycles. The van der Waals surface area contributed by atoms with E-state index in [0.29, 0.717) is 0 Å².